The molecule has 0 aliphatic heterocycles. The summed E-state index contributed by atoms with van der Waals surface area (Å²) in [7, 11) is 0. The Bertz CT molecular complexity index is 482. The van der Waals surface area contributed by atoms with Crippen molar-refractivity contribution >= 4 is 5.97 Å². The highest BCUT2D eigenvalue weighted by atomic mass is 16.4. The number of H-pyrrole nitrogens is 1. The quantitative estimate of drug-likeness (QED) is 0.768. The van der Waals surface area contributed by atoms with Crippen LogP contribution in [-0.4, -0.2) is 16.1 Å². The molecule has 1 rings (SSSR count). The molecule has 15 heavy (non-hydrogen) atoms. The van der Waals surface area contributed by atoms with Crippen LogP contribution < -0.4 is 5.56 Å². The maximum atomic E-state index is 11.3. The number of aryl methyl sites for hydroxylation is 1. The molecule has 0 spiro atoms. The normalized spacial score (nSPS) is 9.60. The number of aromatic amines is 1. The van der Waals surface area contributed by atoms with E-state index < -0.39 is 11.5 Å². The summed E-state index contributed by atoms with van der Waals surface area (Å²) in [6.07, 6.45) is 1.38. The summed E-state index contributed by atoms with van der Waals surface area (Å²) >= 11 is 0. The molecule has 1 aromatic heterocycles. The van der Waals surface area contributed by atoms with Crippen molar-refractivity contribution in [2.75, 3.05) is 0 Å². The van der Waals surface area contributed by atoms with Gasteiger partial charge in [-0.3, -0.25) is 4.79 Å². The van der Waals surface area contributed by atoms with Crippen LogP contribution in [0, 0.1) is 11.3 Å². The minimum atomic E-state index is -1.25. The second-order valence-electron chi connectivity index (χ2n) is 3.08. The predicted molar refractivity (Wildman–Crippen MR) is 52.7 cm³/mol. The second kappa shape index (κ2) is 4.42. The summed E-state index contributed by atoms with van der Waals surface area (Å²) in [5, 5.41) is 17.4. The average Bonchev–Trinajstić information content (AvgIpc) is 2.17. The minimum Gasteiger partial charge on any atom is -0.478 e. The van der Waals surface area contributed by atoms with Gasteiger partial charge in [-0.1, -0.05) is 13.3 Å². The molecule has 0 radical (unpaired) electrons. The topological polar surface area (TPSA) is 93.9 Å². The molecule has 0 atom stereocenters. The summed E-state index contributed by atoms with van der Waals surface area (Å²) in [5.74, 6) is -1.25. The van der Waals surface area contributed by atoms with E-state index in [1.54, 1.807) is 6.07 Å². The van der Waals surface area contributed by atoms with E-state index in [0.29, 0.717) is 12.1 Å². The first-order chi connectivity index (χ1) is 7.10. The van der Waals surface area contributed by atoms with Gasteiger partial charge in [-0.05, 0) is 12.5 Å². The number of aromatic carboxylic acids is 1. The summed E-state index contributed by atoms with van der Waals surface area (Å²) in [6.45, 7) is 1.91. The molecular formula is C10H10N2O3. The zero-order chi connectivity index (χ0) is 11.4. The van der Waals surface area contributed by atoms with E-state index in [1.807, 2.05) is 6.92 Å². The number of carboxylic acids is 1. The van der Waals surface area contributed by atoms with Gasteiger partial charge in [-0.2, -0.15) is 5.26 Å². The fourth-order valence-electron chi connectivity index (χ4n) is 1.30. The number of hydrogen-bond donors (Lipinski definition) is 2. The molecule has 5 heteroatoms. The third-order valence-corrected chi connectivity index (χ3v) is 1.95. The van der Waals surface area contributed by atoms with E-state index in [1.165, 1.54) is 6.07 Å². The highest BCUT2D eigenvalue weighted by Crippen LogP contribution is 2.06. The van der Waals surface area contributed by atoms with Gasteiger partial charge in [0.1, 0.15) is 11.6 Å². The predicted octanol–water partition coefficient (Wildman–Crippen LogP) is 0.897. The van der Waals surface area contributed by atoms with E-state index in [2.05, 4.69) is 4.98 Å². The molecule has 5 nitrogen and oxygen atoms in total. The van der Waals surface area contributed by atoms with Crippen molar-refractivity contribution in [1.82, 2.24) is 4.98 Å². The number of nitriles is 1. The van der Waals surface area contributed by atoms with Gasteiger partial charge in [0.25, 0.3) is 5.56 Å². The van der Waals surface area contributed by atoms with Gasteiger partial charge < -0.3 is 10.1 Å². The third-order valence-electron chi connectivity index (χ3n) is 1.95. The van der Waals surface area contributed by atoms with E-state index in [4.69, 9.17) is 10.4 Å². The van der Waals surface area contributed by atoms with Crippen molar-refractivity contribution in [3.8, 4) is 6.07 Å². The van der Waals surface area contributed by atoms with Crippen molar-refractivity contribution in [1.29, 1.82) is 5.26 Å². The summed E-state index contributed by atoms with van der Waals surface area (Å²) in [4.78, 5) is 24.6. The zero-order valence-corrected chi connectivity index (χ0v) is 8.20. The first-order valence-electron chi connectivity index (χ1n) is 4.49. The Morgan fingerprint density at radius 2 is 2.33 bits per heavy atom. The SMILES string of the molecule is CCCc1cc(C(=O)O)c(C#N)c(=O)[nH]1. The van der Waals surface area contributed by atoms with Gasteiger partial charge in [-0.25, -0.2) is 4.79 Å². The maximum Gasteiger partial charge on any atom is 0.337 e. The Morgan fingerprint density at radius 3 is 2.80 bits per heavy atom. The molecular weight excluding hydrogens is 196 g/mol. The van der Waals surface area contributed by atoms with E-state index in [0.717, 1.165) is 6.42 Å². The smallest absolute Gasteiger partial charge is 0.337 e. The Morgan fingerprint density at radius 1 is 1.67 bits per heavy atom. The highest BCUT2D eigenvalue weighted by molar-refractivity contribution is 5.90. The van der Waals surface area contributed by atoms with Gasteiger partial charge in [0.2, 0.25) is 0 Å². The largest absolute Gasteiger partial charge is 0.478 e. The molecule has 0 unspecified atom stereocenters. The average molecular weight is 206 g/mol. The number of pyridine rings is 1. The molecule has 0 aliphatic carbocycles. The molecule has 1 aromatic rings. The molecule has 0 amide bonds. The zero-order valence-electron chi connectivity index (χ0n) is 8.20. The lowest BCUT2D eigenvalue weighted by atomic mass is 10.1. The van der Waals surface area contributed by atoms with Crippen LogP contribution in [0.25, 0.3) is 0 Å². The monoisotopic (exact) mass is 206 g/mol. The fraction of sp³-hybridized carbons (Fsp3) is 0.300. The van der Waals surface area contributed by atoms with Crippen molar-refractivity contribution in [2.45, 2.75) is 19.8 Å². The van der Waals surface area contributed by atoms with Crippen LogP contribution in [0.4, 0.5) is 0 Å². The molecule has 0 bridgehead atoms. The van der Waals surface area contributed by atoms with Gasteiger partial charge in [0.05, 0.1) is 5.56 Å². The number of carboxylic acid groups (broad SMARTS) is 1. The molecule has 0 saturated heterocycles. The number of rotatable bonds is 3. The number of hydrogen-bond acceptors (Lipinski definition) is 3. The molecule has 0 aliphatic rings. The van der Waals surface area contributed by atoms with E-state index in [9.17, 15) is 9.59 Å². The van der Waals surface area contributed by atoms with Crippen LogP contribution in [0.2, 0.25) is 0 Å². The van der Waals surface area contributed by atoms with Crippen molar-refractivity contribution in [2.24, 2.45) is 0 Å². The molecule has 0 aromatic carbocycles. The number of carbonyl (C=O) groups is 1. The lowest BCUT2D eigenvalue weighted by Crippen LogP contribution is -2.18. The van der Waals surface area contributed by atoms with Crippen molar-refractivity contribution in [3.63, 3.8) is 0 Å². The first kappa shape index (κ1) is 11.0. The van der Waals surface area contributed by atoms with Crippen molar-refractivity contribution in [3.05, 3.63) is 33.2 Å². The standard InChI is InChI=1S/C10H10N2O3/c1-2-3-6-4-7(10(14)15)8(5-11)9(13)12-6/h4H,2-3H2,1H3,(H,12,13)(H,14,15). The molecule has 0 saturated carbocycles. The lowest BCUT2D eigenvalue weighted by molar-refractivity contribution is 0.0696. The van der Waals surface area contributed by atoms with Gasteiger partial charge >= 0.3 is 5.97 Å². The van der Waals surface area contributed by atoms with Gasteiger partial charge in [0.15, 0.2) is 0 Å². The van der Waals surface area contributed by atoms with Crippen LogP contribution >= 0.6 is 0 Å². The Hall–Kier alpha value is -2.09. The molecule has 1 heterocycles. The molecule has 0 fully saturated rings. The fourth-order valence-corrected chi connectivity index (χ4v) is 1.30. The molecule has 78 valence electrons. The first-order valence-corrected chi connectivity index (χ1v) is 4.49. The minimum absolute atomic E-state index is 0.232. The van der Waals surface area contributed by atoms with E-state index >= 15 is 0 Å². The van der Waals surface area contributed by atoms with Gasteiger partial charge in [0, 0.05) is 5.69 Å². The summed E-state index contributed by atoms with van der Waals surface area (Å²) in [6, 6.07) is 2.93. The van der Waals surface area contributed by atoms with Gasteiger partial charge in [-0.15, -0.1) is 0 Å². The van der Waals surface area contributed by atoms with Crippen molar-refractivity contribution < 1.29 is 9.90 Å². The van der Waals surface area contributed by atoms with Crippen LogP contribution in [0.5, 0.6) is 0 Å². The lowest BCUT2D eigenvalue weighted by Gasteiger charge is -2.02. The van der Waals surface area contributed by atoms with E-state index in [-0.39, 0.29) is 11.1 Å². The highest BCUT2D eigenvalue weighted by Gasteiger charge is 2.14. The Kier molecular flexibility index (Phi) is 3.24. The van der Waals surface area contributed by atoms with Crippen LogP contribution in [0.3, 0.4) is 0 Å². The summed E-state index contributed by atoms with van der Waals surface area (Å²) < 4.78 is 0. The Labute approximate surface area is 86.0 Å². The summed E-state index contributed by atoms with van der Waals surface area (Å²) in [5.41, 5.74) is -0.674. The van der Waals surface area contributed by atoms with Crippen LogP contribution in [-0.2, 0) is 6.42 Å². The number of nitrogens with one attached hydrogen (secondary N) is 1. The second-order valence-corrected chi connectivity index (χ2v) is 3.08. The maximum absolute atomic E-state index is 11.3. The van der Waals surface area contributed by atoms with Crippen LogP contribution in [0.15, 0.2) is 10.9 Å². The number of nitrogens with zero attached hydrogens (tertiary/aromatic N) is 1. The number of aromatic nitrogens is 1. The Balaban J connectivity index is 3.41. The van der Waals surface area contributed by atoms with Crippen LogP contribution in [0.1, 0.15) is 35.0 Å². The third kappa shape index (κ3) is 2.23. The molecule has 2 N–H and O–H groups in total.